The second kappa shape index (κ2) is 10.8. The number of thioether (sulfide) groups is 2. The monoisotopic (exact) mass is 568 g/mol. The van der Waals surface area contributed by atoms with Crippen molar-refractivity contribution in [2.75, 3.05) is 5.08 Å². The Kier molecular flexibility index (Phi) is 9.38. The number of phosphoric ester groups is 1. The highest BCUT2D eigenvalue weighted by Gasteiger charge is 2.32. The fourth-order valence-corrected chi connectivity index (χ4v) is 6.58. The van der Waals surface area contributed by atoms with Crippen molar-refractivity contribution in [2.45, 2.75) is 115 Å². The maximum absolute atomic E-state index is 11.8. The quantitative estimate of drug-likeness (QED) is 0.182. The van der Waals surface area contributed by atoms with Crippen molar-refractivity contribution in [3.8, 4) is 11.5 Å². The molecular weight excluding hydrogens is 523 g/mol. The average molecular weight is 569 g/mol. The lowest BCUT2D eigenvalue weighted by molar-refractivity contribution is 0.278. The second-order valence-electron chi connectivity index (χ2n) is 13.7. The first-order valence-electron chi connectivity index (χ1n) is 12.5. The van der Waals surface area contributed by atoms with Crippen LogP contribution in [0.4, 0.5) is 0 Å². The van der Waals surface area contributed by atoms with Gasteiger partial charge in [-0.15, -0.1) is 23.5 Å². The maximum Gasteiger partial charge on any atom is 0.524 e. The Labute approximate surface area is 232 Å². The van der Waals surface area contributed by atoms with Gasteiger partial charge < -0.3 is 9.63 Å². The molecule has 0 aliphatic rings. The van der Waals surface area contributed by atoms with Gasteiger partial charge in [-0.2, -0.15) is 0 Å². The van der Waals surface area contributed by atoms with Crippen LogP contribution < -0.4 is 4.52 Å². The van der Waals surface area contributed by atoms with E-state index in [4.69, 9.17) is 4.52 Å². The van der Waals surface area contributed by atoms with Crippen LogP contribution in [-0.4, -0.2) is 20.0 Å². The fraction of sp³-hybridized carbons (Fsp3) is 0.586. The van der Waals surface area contributed by atoms with Crippen molar-refractivity contribution in [3.05, 3.63) is 46.5 Å². The molecule has 0 unspecified atom stereocenters. The van der Waals surface area contributed by atoms with Crippen molar-refractivity contribution in [3.63, 3.8) is 0 Å². The molecule has 0 aliphatic carbocycles. The molecule has 2 aromatic rings. The van der Waals surface area contributed by atoms with E-state index in [9.17, 15) is 19.5 Å². The summed E-state index contributed by atoms with van der Waals surface area (Å²) in [5.74, 6) is 0.649. The van der Waals surface area contributed by atoms with E-state index in [0.29, 0.717) is 5.75 Å². The largest absolute Gasteiger partial charge is 0.524 e. The molecule has 2 aromatic carbocycles. The van der Waals surface area contributed by atoms with E-state index in [1.807, 2.05) is 53.7 Å². The highest BCUT2D eigenvalue weighted by molar-refractivity contribution is 8.16. The molecule has 37 heavy (non-hydrogen) atoms. The molecular formula is C29H45O5PS2. The van der Waals surface area contributed by atoms with E-state index < -0.39 is 7.82 Å². The Hall–Kier alpha value is -1.11. The highest BCUT2D eigenvalue weighted by atomic mass is 32.2. The Morgan fingerprint density at radius 1 is 0.649 bits per heavy atom. The van der Waals surface area contributed by atoms with Crippen LogP contribution in [0.1, 0.15) is 105 Å². The van der Waals surface area contributed by atoms with Crippen molar-refractivity contribution >= 4 is 31.3 Å². The van der Waals surface area contributed by atoms with Crippen LogP contribution in [0.25, 0.3) is 0 Å². The van der Waals surface area contributed by atoms with Crippen LogP contribution in [0.3, 0.4) is 0 Å². The molecule has 0 fully saturated rings. The molecule has 0 heterocycles. The van der Waals surface area contributed by atoms with E-state index in [1.165, 1.54) is 0 Å². The molecule has 0 radical (unpaired) electrons. The van der Waals surface area contributed by atoms with Gasteiger partial charge in [-0.3, -0.25) is 9.79 Å². The van der Waals surface area contributed by atoms with Gasteiger partial charge in [0, 0.05) is 37.1 Å². The van der Waals surface area contributed by atoms with E-state index >= 15 is 0 Å². The number of aromatic hydroxyl groups is 1. The summed E-state index contributed by atoms with van der Waals surface area (Å²) >= 11 is 3.41. The van der Waals surface area contributed by atoms with Gasteiger partial charge in [0.1, 0.15) is 11.5 Å². The Balaban J connectivity index is 2.49. The number of rotatable bonds is 6. The normalized spacial score (nSPS) is 13.7. The molecule has 0 aromatic heterocycles. The van der Waals surface area contributed by atoms with E-state index in [0.717, 1.165) is 37.1 Å². The molecule has 0 aliphatic heterocycles. The van der Waals surface area contributed by atoms with Crippen LogP contribution in [0.15, 0.2) is 34.1 Å². The molecule has 3 N–H and O–H groups in total. The fourth-order valence-electron chi connectivity index (χ4n) is 4.02. The van der Waals surface area contributed by atoms with E-state index in [-0.39, 0.29) is 27.4 Å². The van der Waals surface area contributed by atoms with Gasteiger partial charge in [0.15, 0.2) is 0 Å². The first-order chi connectivity index (χ1) is 16.4. The summed E-state index contributed by atoms with van der Waals surface area (Å²) in [7, 11) is -4.73. The molecule has 0 amide bonds. The van der Waals surface area contributed by atoms with Crippen molar-refractivity contribution in [2.24, 2.45) is 0 Å². The van der Waals surface area contributed by atoms with Crippen molar-refractivity contribution in [1.82, 2.24) is 0 Å². The number of hydrogen-bond acceptors (Lipinski definition) is 5. The predicted molar refractivity (Wildman–Crippen MR) is 159 cm³/mol. The Morgan fingerprint density at radius 3 is 1.22 bits per heavy atom. The molecule has 0 atom stereocenters. The highest BCUT2D eigenvalue weighted by Crippen LogP contribution is 2.49. The summed E-state index contributed by atoms with van der Waals surface area (Å²) in [4.78, 5) is 21.4. The topological polar surface area (TPSA) is 87.0 Å². The van der Waals surface area contributed by atoms with Crippen molar-refractivity contribution < 1.29 is 24.0 Å². The molecule has 208 valence electrons. The number of phenolic OH excluding ortho intramolecular Hbond substituents is 1. The predicted octanol–water partition coefficient (Wildman–Crippen LogP) is 8.90. The number of benzene rings is 2. The zero-order valence-electron chi connectivity index (χ0n) is 24.4. The third-order valence-corrected chi connectivity index (χ3v) is 8.54. The first kappa shape index (κ1) is 32.1. The van der Waals surface area contributed by atoms with Gasteiger partial charge in [0.2, 0.25) is 0 Å². The average Bonchev–Trinajstić information content (AvgIpc) is 2.65. The third-order valence-electron chi connectivity index (χ3n) is 6.04. The van der Waals surface area contributed by atoms with Gasteiger partial charge in [0.25, 0.3) is 0 Å². The summed E-state index contributed by atoms with van der Waals surface area (Å²) in [5, 5.41) is 11.8. The molecule has 0 saturated heterocycles. The minimum absolute atomic E-state index is 0.189. The Morgan fingerprint density at radius 2 is 0.946 bits per heavy atom. The molecule has 0 saturated carbocycles. The van der Waals surface area contributed by atoms with Gasteiger partial charge >= 0.3 is 7.82 Å². The molecule has 0 bridgehead atoms. The van der Waals surface area contributed by atoms with Crippen LogP contribution in [-0.2, 0) is 26.2 Å². The lowest BCUT2D eigenvalue weighted by Gasteiger charge is -2.30. The number of phosphoric acid groups is 1. The van der Waals surface area contributed by atoms with E-state index in [2.05, 4.69) is 53.7 Å². The molecule has 5 nitrogen and oxygen atoms in total. The standard InChI is InChI=1S/C29H45O5PS2/c1-26(2,3)20-13-18(14-21(24(20)30)27(4,5)6)36-17-37-19-15-22(28(7,8)9)25(34-35(31,32)33)23(16-19)29(10,11)12/h13-16,30H,17H2,1-12H3,(H2,31,32,33). The smallest absolute Gasteiger partial charge is 0.507 e. The summed E-state index contributed by atoms with van der Waals surface area (Å²) in [6.45, 7) is 24.8. The lowest BCUT2D eigenvalue weighted by Crippen LogP contribution is -2.19. The molecule has 8 heteroatoms. The van der Waals surface area contributed by atoms with E-state index in [1.54, 1.807) is 23.5 Å². The van der Waals surface area contributed by atoms with Gasteiger partial charge in [0.05, 0.1) is 0 Å². The first-order valence-corrected chi connectivity index (χ1v) is 16.0. The summed E-state index contributed by atoms with van der Waals surface area (Å²) in [6.07, 6.45) is 0. The van der Waals surface area contributed by atoms with Gasteiger partial charge in [-0.25, -0.2) is 4.57 Å². The minimum Gasteiger partial charge on any atom is -0.507 e. The SMILES string of the molecule is CC(C)(C)c1cc(SCSc2cc(C(C)(C)C)c(OP(=O)(O)O)c(C(C)(C)C)c2)cc(C(C)(C)C)c1O. The number of hydrogen-bond donors (Lipinski definition) is 3. The van der Waals surface area contributed by atoms with Gasteiger partial charge in [-0.05, 0) is 45.9 Å². The van der Waals surface area contributed by atoms with Crippen molar-refractivity contribution in [1.29, 1.82) is 0 Å². The Bertz CT molecular complexity index is 1100. The van der Waals surface area contributed by atoms with Crippen LogP contribution in [0.2, 0.25) is 0 Å². The zero-order chi connectivity index (χ0) is 28.8. The zero-order valence-corrected chi connectivity index (χ0v) is 27.0. The maximum atomic E-state index is 11.8. The third kappa shape index (κ3) is 8.69. The number of phenols is 1. The minimum atomic E-state index is -4.73. The van der Waals surface area contributed by atoms with Crippen LogP contribution in [0.5, 0.6) is 11.5 Å². The molecule has 0 spiro atoms. The molecule has 2 rings (SSSR count). The lowest BCUT2D eigenvalue weighted by atomic mass is 9.79. The van der Waals surface area contributed by atoms with Crippen LogP contribution >= 0.6 is 31.3 Å². The second-order valence-corrected chi connectivity index (χ2v) is 17.3. The summed E-state index contributed by atoms with van der Waals surface area (Å²) < 4.78 is 17.1. The summed E-state index contributed by atoms with van der Waals surface area (Å²) in [6, 6.07) is 8.16. The van der Waals surface area contributed by atoms with Crippen LogP contribution in [0, 0.1) is 0 Å². The van der Waals surface area contributed by atoms with Gasteiger partial charge in [-0.1, -0.05) is 83.1 Å². The summed E-state index contributed by atoms with van der Waals surface area (Å²) in [5.41, 5.74) is 2.28.